The third-order valence-corrected chi connectivity index (χ3v) is 5.77. The van der Waals surface area contributed by atoms with Crippen molar-refractivity contribution in [2.45, 2.75) is 0 Å². The van der Waals surface area contributed by atoms with E-state index in [1.807, 2.05) is 22.7 Å². The SMILES string of the molecule is c1cc2ccc3cc[n+]4ccc5ccsc5c4c3c2s1. The summed E-state index contributed by atoms with van der Waals surface area (Å²) in [5, 5.41) is 9.73. The van der Waals surface area contributed by atoms with Crippen molar-refractivity contribution in [3.63, 3.8) is 0 Å². The molecule has 0 atom stereocenters. The molecular formula is C17H10NS2+. The monoisotopic (exact) mass is 292 g/mol. The number of benzene rings is 1. The van der Waals surface area contributed by atoms with E-state index in [0.717, 1.165) is 0 Å². The maximum absolute atomic E-state index is 2.25. The topological polar surface area (TPSA) is 4.10 Å². The first-order valence-electron chi connectivity index (χ1n) is 6.52. The van der Waals surface area contributed by atoms with Gasteiger partial charge in [0.25, 0.3) is 0 Å². The van der Waals surface area contributed by atoms with Crippen molar-refractivity contribution in [1.82, 2.24) is 0 Å². The summed E-state index contributed by atoms with van der Waals surface area (Å²) in [7, 11) is 0. The van der Waals surface area contributed by atoms with Crippen molar-refractivity contribution in [1.29, 1.82) is 0 Å². The first-order valence-corrected chi connectivity index (χ1v) is 8.28. The van der Waals surface area contributed by atoms with Crippen LogP contribution in [0.5, 0.6) is 0 Å². The molecule has 20 heavy (non-hydrogen) atoms. The molecule has 4 heterocycles. The molecule has 0 saturated carbocycles. The molecule has 3 heteroatoms. The highest BCUT2D eigenvalue weighted by Crippen LogP contribution is 2.35. The van der Waals surface area contributed by atoms with Crippen LogP contribution in [0.2, 0.25) is 0 Å². The van der Waals surface area contributed by atoms with E-state index in [0.29, 0.717) is 0 Å². The van der Waals surface area contributed by atoms with Gasteiger partial charge in [-0.3, -0.25) is 0 Å². The van der Waals surface area contributed by atoms with E-state index >= 15 is 0 Å². The average molecular weight is 292 g/mol. The summed E-state index contributed by atoms with van der Waals surface area (Å²) in [4.78, 5) is 0. The lowest BCUT2D eigenvalue weighted by Crippen LogP contribution is -2.20. The highest BCUT2D eigenvalue weighted by Gasteiger charge is 2.16. The van der Waals surface area contributed by atoms with E-state index < -0.39 is 0 Å². The van der Waals surface area contributed by atoms with Crippen LogP contribution in [0.25, 0.3) is 36.5 Å². The molecule has 5 aromatic rings. The summed E-state index contributed by atoms with van der Waals surface area (Å²) in [6.07, 6.45) is 4.33. The Labute approximate surface area is 123 Å². The molecule has 0 aliphatic rings. The Balaban J connectivity index is 2.23. The summed E-state index contributed by atoms with van der Waals surface area (Å²) in [6, 6.07) is 13.3. The van der Waals surface area contributed by atoms with Gasteiger partial charge in [0.15, 0.2) is 12.4 Å². The summed E-state index contributed by atoms with van der Waals surface area (Å²) in [5.41, 5.74) is 1.34. The minimum absolute atomic E-state index is 1.32. The molecule has 0 amide bonds. The second kappa shape index (κ2) is 3.78. The molecule has 0 unspecified atom stereocenters. The number of hydrogen-bond donors (Lipinski definition) is 0. The Kier molecular flexibility index (Phi) is 2.04. The fourth-order valence-electron chi connectivity index (χ4n) is 2.95. The van der Waals surface area contributed by atoms with E-state index in [4.69, 9.17) is 0 Å². The van der Waals surface area contributed by atoms with Gasteiger partial charge < -0.3 is 0 Å². The number of thiophene rings is 2. The molecule has 94 valence electrons. The van der Waals surface area contributed by atoms with Gasteiger partial charge >= 0.3 is 0 Å². The van der Waals surface area contributed by atoms with Gasteiger partial charge in [-0.1, -0.05) is 12.1 Å². The van der Waals surface area contributed by atoms with E-state index in [2.05, 4.69) is 64.0 Å². The van der Waals surface area contributed by atoms with Crippen LogP contribution in [0.4, 0.5) is 0 Å². The maximum atomic E-state index is 2.25. The Morgan fingerprint density at radius 1 is 0.650 bits per heavy atom. The molecule has 0 N–H and O–H groups in total. The van der Waals surface area contributed by atoms with Crippen molar-refractivity contribution in [2.24, 2.45) is 0 Å². The fraction of sp³-hybridized carbons (Fsp3) is 0. The zero-order chi connectivity index (χ0) is 13.1. The van der Waals surface area contributed by atoms with Gasteiger partial charge in [0, 0.05) is 22.2 Å². The lowest BCUT2D eigenvalue weighted by Gasteiger charge is -2.01. The van der Waals surface area contributed by atoms with Crippen LogP contribution in [0, 0.1) is 0 Å². The largest absolute Gasteiger partial charge is 0.237 e. The van der Waals surface area contributed by atoms with E-state index in [1.54, 1.807) is 0 Å². The maximum Gasteiger partial charge on any atom is 0.237 e. The quantitative estimate of drug-likeness (QED) is 0.279. The predicted octanol–water partition coefficient (Wildman–Crippen LogP) is 5.01. The van der Waals surface area contributed by atoms with Crippen LogP contribution in [0.15, 0.2) is 59.6 Å². The highest BCUT2D eigenvalue weighted by molar-refractivity contribution is 7.19. The van der Waals surface area contributed by atoms with Crippen molar-refractivity contribution in [3.05, 3.63) is 59.6 Å². The van der Waals surface area contributed by atoms with Crippen molar-refractivity contribution in [3.8, 4) is 0 Å². The molecule has 0 aliphatic heterocycles. The fourth-order valence-corrected chi connectivity index (χ4v) is 4.85. The highest BCUT2D eigenvalue weighted by atomic mass is 32.1. The Morgan fingerprint density at radius 3 is 2.15 bits per heavy atom. The summed E-state index contributed by atoms with van der Waals surface area (Å²) in [6.45, 7) is 0. The van der Waals surface area contributed by atoms with E-state index in [1.165, 1.54) is 36.5 Å². The minimum atomic E-state index is 1.32. The standard InChI is InChI=1S/C17H10NS2/c1-2-12-5-9-19-16(12)14-11(1)3-7-18-8-4-13-6-10-20-17(13)15(14)18/h1-10H/q+1. The van der Waals surface area contributed by atoms with Gasteiger partial charge in [-0.05, 0) is 33.7 Å². The molecule has 0 fully saturated rings. The zero-order valence-corrected chi connectivity index (χ0v) is 12.2. The summed E-state index contributed by atoms with van der Waals surface area (Å²) < 4.78 is 5.01. The van der Waals surface area contributed by atoms with Gasteiger partial charge in [-0.15, -0.1) is 22.7 Å². The Hall–Kier alpha value is -1.97. The van der Waals surface area contributed by atoms with Crippen LogP contribution >= 0.6 is 22.7 Å². The smallest absolute Gasteiger partial charge is 0.165 e. The molecule has 5 rings (SSSR count). The molecule has 0 radical (unpaired) electrons. The van der Waals surface area contributed by atoms with E-state index in [9.17, 15) is 0 Å². The first kappa shape index (κ1) is 10.8. The molecule has 0 spiro atoms. The average Bonchev–Trinajstić information content (AvgIpc) is 3.14. The normalized spacial score (nSPS) is 12.0. The number of fused-ring (bicyclic) bond motifs is 7. The van der Waals surface area contributed by atoms with Crippen LogP contribution in [-0.2, 0) is 0 Å². The molecule has 0 bridgehead atoms. The van der Waals surface area contributed by atoms with Crippen LogP contribution in [-0.4, -0.2) is 0 Å². The second-order valence-electron chi connectivity index (χ2n) is 4.96. The molecule has 4 aromatic heterocycles. The minimum Gasteiger partial charge on any atom is -0.165 e. The summed E-state index contributed by atoms with van der Waals surface area (Å²) >= 11 is 3.66. The third kappa shape index (κ3) is 1.29. The van der Waals surface area contributed by atoms with Crippen molar-refractivity contribution >= 4 is 59.1 Å². The molecule has 1 aromatic carbocycles. The predicted molar refractivity (Wildman–Crippen MR) is 87.9 cm³/mol. The van der Waals surface area contributed by atoms with E-state index in [-0.39, 0.29) is 0 Å². The Morgan fingerprint density at radius 2 is 1.30 bits per heavy atom. The number of hydrogen-bond acceptors (Lipinski definition) is 2. The van der Waals surface area contributed by atoms with Crippen molar-refractivity contribution < 1.29 is 4.40 Å². The third-order valence-electron chi connectivity index (χ3n) is 3.89. The second-order valence-corrected chi connectivity index (χ2v) is 6.79. The number of aromatic nitrogens is 1. The van der Waals surface area contributed by atoms with Crippen molar-refractivity contribution in [2.75, 3.05) is 0 Å². The van der Waals surface area contributed by atoms with Crippen LogP contribution < -0.4 is 4.40 Å². The lowest BCUT2D eigenvalue weighted by molar-refractivity contribution is -0.509. The van der Waals surface area contributed by atoms with Gasteiger partial charge in [0.05, 0.1) is 5.39 Å². The number of pyridine rings is 2. The van der Waals surface area contributed by atoms with Gasteiger partial charge in [-0.2, -0.15) is 4.40 Å². The molecule has 0 saturated heterocycles. The van der Waals surface area contributed by atoms with Crippen LogP contribution in [0.1, 0.15) is 0 Å². The Bertz CT molecular complexity index is 1010. The van der Waals surface area contributed by atoms with Crippen LogP contribution in [0.3, 0.4) is 0 Å². The van der Waals surface area contributed by atoms with Gasteiger partial charge in [0.1, 0.15) is 4.70 Å². The number of nitrogens with zero attached hydrogens (tertiary/aromatic N) is 1. The summed E-state index contributed by atoms with van der Waals surface area (Å²) in [5.74, 6) is 0. The molecule has 0 aliphatic carbocycles. The van der Waals surface area contributed by atoms with Gasteiger partial charge in [0.2, 0.25) is 5.52 Å². The zero-order valence-electron chi connectivity index (χ0n) is 10.5. The number of rotatable bonds is 0. The lowest BCUT2D eigenvalue weighted by atomic mass is 10.1. The first-order chi connectivity index (χ1) is 9.92. The molecule has 1 nitrogen and oxygen atoms in total. The van der Waals surface area contributed by atoms with Gasteiger partial charge in [-0.25, -0.2) is 0 Å². The molecular weight excluding hydrogens is 282 g/mol.